The van der Waals surface area contributed by atoms with Crippen molar-refractivity contribution in [2.45, 2.75) is 6.42 Å². The average Bonchev–Trinajstić information content (AvgIpc) is 2.82. The summed E-state index contributed by atoms with van der Waals surface area (Å²) in [4.78, 5) is 0. The third kappa shape index (κ3) is 1.54. The summed E-state index contributed by atoms with van der Waals surface area (Å²) in [6.45, 7) is 0. The van der Waals surface area contributed by atoms with Gasteiger partial charge in [-0.05, 0) is 26.8 Å². The van der Waals surface area contributed by atoms with E-state index in [0.29, 0.717) is 0 Å². The first kappa shape index (κ1) is 9.03. The molecule has 0 spiro atoms. The standard InChI is InChI=1S/C12H10N4/c1-2-7-11-9(4-1)5-3-6-10(11)8-12-13-15-16-14-12/h1-7H,8H2,(H,13,14,15,16). The van der Waals surface area contributed by atoms with Crippen molar-refractivity contribution in [2.24, 2.45) is 0 Å². The Balaban J connectivity index is 2.10. The quantitative estimate of drug-likeness (QED) is 0.703. The lowest BCUT2D eigenvalue weighted by atomic mass is 10.0. The van der Waals surface area contributed by atoms with Gasteiger partial charge in [-0.25, -0.2) is 5.10 Å². The molecule has 0 saturated heterocycles. The lowest BCUT2D eigenvalue weighted by Gasteiger charge is -2.03. The van der Waals surface area contributed by atoms with Gasteiger partial charge in [0, 0.05) is 6.42 Å². The Hall–Kier alpha value is -2.23. The summed E-state index contributed by atoms with van der Waals surface area (Å²) in [6.07, 6.45) is 0.731. The first-order valence-corrected chi connectivity index (χ1v) is 5.13. The molecule has 78 valence electrons. The van der Waals surface area contributed by atoms with E-state index in [9.17, 15) is 0 Å². The van der Waals surface area contributed by atoms with Crippen LogP contribution in [0.4, 0.5) is 0 Å². The number of hydrogen-bond acceptors (Lipinski definition) is 3. The highest BCUT2D eigenvalue weighted by Gasteiger charge is 2.03. The summed E-state index contributed by atoms with van der Waals surface area (Å²) in [5.74, 6) is 0.788. The number of rotatable bonds is 2. The molecular formula is C12H10N4. The molecule has 0 bridgehead atoms. The molecule has 16 heavy (non-hydrogen) atoms. The van der Waals surface area contributed by atoms with E-state index in [1.165, 1.54) is 16.3 Å². The molecular weight excluding hydrogens is 200 g/mol. The van der Waals surface area contributed by atoms with Crippen LogP contribution in [0.5, 0.6) is 0 Å². The fraction of sp³-hybridized carbons (Fsp3) is 0.0833. The van der Waals surface area contributed by atoms with Gasteiger partial charge in [0.25, 0.3) is 0 Å². The van der Waals surface area contributed by atoms with Crippen molar-refractivity contribution >= 4 is 10.8 Å². The van der Waals surface area contributed by atoms with Gasteiger partial charge in [-0.2, -0.15) is 0 Å². The SMILES string of the molecule is c1ccc2c(Cc3nnn[nH]3)cccc2c1. The number of nitrogens with one attached hydrogen (secondary N) is 1. The van der Waals surface area contributed by atoms with Gasteiger partial charge in [0.1, 0.15) is 0 Å². The zero-order chi connectivity index (χ0) is 10.8. The van der Waals surface area contributed by atoms with Crippen LogP contribution in [0.3, 0.4) is 0 Å². The number of nitrogens with zero attached hydrogens (tertiary/aromatic N) is 3. The first-order valence-electron chi connectivity index (χ1n) is 5.13. The predicted octanol–water partition coefficient (Wildman–Crippen LogP) is 1.94. The molecule has 0 aliphatic carbocycles. The van der Waals surface area contributed by atoms with E-state index in [4.69, 9.17) is 0 Å². The third-order valence-electron chi connectivity index (χ3n) is 2.63. The van der Waals surface area contributed by atoms with Crippen molar-refractivity contribution in [3.05, 3.63) is 53.9 Å². The highest BCUT2D eigenvalue weighted by Crippen LogP contribution is 2.19. The summed E-state index contributed by atoms with van der Waals surface area (Å²) in [6, 6.07) is 14.6. The number of fused-ring (bicyclic) bond motifs is 1. The van der Waals surface area contributed by atoms with E-state index in [1.807, 2.05) is 12.1 Å². The second-order valence-corrected chi connectivity index (χ2v) is 3.66. The third-order valence-corrected chi connectivity index (χ3v) is 2.63. The smallest absolute Gasteiger partial charge is 0.152 e. The molecule has 0 saturated carbocycles. The monoisotopic (exact) mass is 210 g/mol. The Morgan fingerprint density at radius 3 is 2.75 bits per heavy atom. The van der Waals surface area contributed by atoms with Crippen molar-refractivity contribution in [3.8, 4) is 0 Å². The van der Waals surface area contributed by atoms with Gasteiger partial charge in [-0.3, -0.25) is 0 Å². The number of H-pyrrole nitrogens is 1. The van der Waals surface area contributed by atoms with Crippen molar-refractivity contribution in [1.82, 2.24) is 20.6 Å². The van der Waals surface area contributed by atoms with Gasteiger partial charge in [0.2, 0.25) is 0 Å². The normalized spacial score (nSPS) is 10.8. The Labute approximate surface area is 92.3 Å². The lowest BCUT2D eigenvalue weighted by Crippen LogP contribution is -1.92. The van der Waals surface area contributed by atoms with Crippen LogP contribution in [-0.2, 0) is 6.42 Å². The van der Waals surface area contributed by atoms with Crippen molar-refractivity contribution < 1.29 is 0 Å². The number of benzene rings is 2. The molecule has 0 fully saturated rings. The molecule has 0 amide bonds. The molecule has 0 atom stereocenters. The molecule has 0 unspecified atom stereocenters. The van der Waals surface area contributed by atoms with E-state index >= 15 is 0 Å². The summed E-state index contributed by atoms with van der Waals surface area (Å²) in [7, 11) is 0. The van der Waals surface area contributed by atoms with Crippen molar-refractivity contribution in [3.63, 3.8) is 0 Å². The molecule has 1 aromatic heterocycles. The highest BCUT2D eigenvalue weighted by molar-refractivity contribution is 5.85. The van der Waals surface area contributed by atoms with Gasteiger partial charge in [-0.1, -0.05) is 42.5 Å². The van der Waals surface area contributed by atoms with Crippen LogP contribution in [0.1, 0.15) is 11.4 Å². The number of aromatic nitrogens is 4. The van der Waals surface area contributed by atoms with Gasteiger partial charge >= 0.3 is 0 Å². The van der Waals surface area contributed by atoms with Crippen LogP contribution in [-0.4, -0.2) is 20.6 Å². The van der Waals surface area contributed by atoms with E-state index in [0.717, 1.165) is 12.2 Å². The van der Waals surface area contributed by atoms with Gasteiger partial charge < -0.3 is 0 Å². The summed E-state index contributed by atoms with van der Waals surface area (Å²) < 4.78 is 0. The lowest BCUT2D eigenvalue weighted by molar-refractivity contribution is 0.881. The van der Waals surface area contributed by atoms with Gasteiger partial charge in [-0.15, -0.1) is 5.10 Å². The minimum absolute atomic E-state index is 0.731. The summed E-state index contributed by atoms with van der Waals surface area (Å²) in [5, 5.41) is 16.3. The van der Waals surface area contributed by atoms with E-state index in [2.05, 4.69) is 51.0 Å². The Morgan fingerprint density at radius 1 is 1.00 bits per heavy atom. The second kappa shape index (κ2) is 3.73. The van der Waals surface area contributed by atoms with Crippen LogP contribution in [0.15, 0.2) is 42.5 Å². The van der Waals surface area contributed by atoms with Crippen LogP contribution in [0.25, 0.3) is 10.8 Å². The van der Waals surface area contributed by atoms with Crippen molar-refractivity contribution in [1.29, 1.82) is 0 Å². The van der Waals surface area contributed by atoms with Crippen LogP contribution >= 0.6 is 0 Å². The molecule has 3 rings (SSSR count). The van der Waals surface area contributed by atoms with Crippen LogP contribution in [0.2, 0.25) is 0 Å². The maximum atomic E-state index is 3.90. The molecule has 1 heterocycles. The first-order chi connectivity index (χ1) is 7.93. The molecule has 4 heteroatoms. The molecule has 0 aliphatic heterocycles. The number of tetrazole rings is 1. The van der Waals surface area contributed by atoms with E-state index < -0.39 is 0 Å². The zero-order valence-corrected chi connectivity index (χ0v) is 8.59. The molecule has 2 aromatic carbocycles. The Morgan fingerprint density at radius 2 is 1.88 bits per heavy atom. The predicted molar refractivity (Wildman–Crippen MR) is 60.9 cm³/mol. The summed E-state index contributed by atoms with van der Waals surface area (Å²) >= 11 is 0. The fourth-order valence-corrected chi connectivity index (χ4v) is 1.88. The topological polar surface area (TPSA) is 54.5 Å². The highest BCUT2D eigenvalue weighted by atomic mass is 15.5. The molecule has 0 aliphatic rings. The van der Waals surface area contributed by atoms with E-state index in [1.54, 1.807) is 0 Å². The van der Waals surface area contributed by atoms with Crippen molar-refractivity contribution in [2.75, 3.05) is 0 Å². The summed E-state index contributed by atoms with van der Waals surface area (Å²) in [5.41, 5.74) is 1.23. The average molecular weight is 210 g/mol. The molecule has 4 nitrogen and oxygen atoms in total. The van der Waals surface area contributed by atoms with Crippen LogP contribution < -0.4 is 0 Å². The zero-order valence-electron chi connectivity index (χ0n) is 8.59. The Bertz CT molecular complexity index is 596. The van der Waals surface area contributed by atoms with Gasteiger partial charge in [0.05, 0.1) is 0 Å². The maximum absolute atomic E-state index is 3.90. The van der Waals surface area contributed by atoms with E-state index in [-0.39, 0.29) is 0 Å². The van der Waals surface area contributed by atoms with Crippen LogP contribution in [0, 0.1) is 0 Å². The molecule has 0 radical (unpaired) electrons. The fourth-order valence-electron chi connectivity index (χ4n) is 1.88. The minimum Gasteiger partial charge on any atom is -0.243 e. The minimum atomic E-state index is 0.731. The largest absolute Gasteiger partial charge is 0.243 e. The molecule has 1 N–H and O–H groups in total. The molecule has 3 aromatic rings. The van der Waals surface area contributed by atoms with Gasteiger partial charge in [0.15, 0.2) is 5.82 Å². The number of aromatic amines is 1. The number of hydrogen-bond donors (Lipinski definition) is 1. The second-order valence-electron chi connectivity index (χ2n) is 3.66. The Kier molecular flexibility index (Phi) is 2.11. The maximum Gasteiger partial charge on any atom is 0.152 e.